The number of esters is 1. The van der Waals surface area contributed by atoms with Gasteiger partial charge in [-0.15, -0.1) is 0 Å². The first kappa shape index (κ1) is 20.6. The first-order chi connectivity index (χ1) is 12.3. The molecule has 0 saturated carbocycles. The molecule has 0 fully saturated rings. The van der Waals surface area contributed by atoms with E-state index in [-0.39, 0.29) is 29.9 Å². The molecule has 0 aromatic heterocycles. The lowest BCUT2D eigenvalue weighted by atomic mass is 10.3. The SMILES string of the molecule is COC(=O)CC[P+](c1ccccc1)(c1ccccc1)c1ccccc1.[I-]. The summed E-state index contributed by atoms with van der Waals surface area (Å²) in [5.41, 5.74) is 0. The van der Waals surface area contributed by atoms with Crippen LogP contribution < -0.4 is 39.9 Å². The van der Waals surface area contributed by atoms with Gasteiger partial charge in [0.05, 0.1) is 19.7 Å². The van der Waals surface area contributed by atoms with Gasteiger partial charge in [0.1, 0.15) is 23.2 Å². The fraction of sp³-hybridized carbons (Fsp3) is 0.136. The van der Waals surface area contributed by atoms with E-state index < -0.39 is 7.26 Å². The number of hydrogen-bond donors (Lipinski definition) is 0. The van der Waals surface area contributed by atoms with Gasteiger partial charge in [0.15, 0.2) is 0 Å². The number of hydrogen-bond acceptors (Lipinski definition) is 2. The Hall–Kier alpha value is -1.71. The summed E-state index contributed by atoms with van der Waals surface area (Å²) in [6, 6.07) is 31.7. The molecule has 134 valence electrons. The lowest BCUT2D eigenvalue weighted by Gasteiger charge is -2.27. The van der Waals surface area contributed by atoms with Gasteiger partial charge in [0.25, 0.3) is 0 Å². The zero-order valence-corrected chi connectivity index (χ0v) is 17.8. The Morgan fingerprint density at radius 3 is 1.38 bits per heavy atom. The number of carbonyl (C=O) groups is 1. The van der Waals surface area contributed by atoms with E-state index in [0.717, 1.165) is 6.16 Å². The summed E-state index contributed by atoms with van der Waals surface area (Å²) < 4.78 is 4.93. The number of carbonyl (C=O) groups excluding carboxylic acids is 1. The normalized spacial score (nSPS) is 10.7. The standard InChI is InChI=1S/C22H22O2P.HI/c1-24-22(23)17-18-25(19-11-5-2-6-12-19,20-13-7-3-8-14-20)21-15-9-4-10-16-21;/h2-16H,17-18H2,1H3;1H/q+1;/p-1. The summed E-state index contributed by atoms with van der Waals surface area (Å²) in [6.45, 7) is 0. The predicted molar refractivity (Wildman–Crippen MR) is 107 cm³/mol. The Bertz CT molecular complexity index is 711. The molecule has 3 rings (SSSR count). The molecule has 0 saturated heterocycles. The molecule has 4 heteroatoms. The summed E-state index contributed by atoms with van der Waals surface area (Å²) in [7, 11) is -0.467. The van der Waals surface area contributed by atoms with Crippen molar-refractivity contribution >= 4 is 29.1 Å². The highest BCUT2D eigenvalue weighted by Gasteiger charge is 2.45. The highest BCUT2D eigenvalue weighted by Crippen LogP contribution is 2.55. The fourth-order valence-corrected chi connectivity index (χ4v) is 7.47. The van der Waals surface area contributed by atoms with E-state index in [1.807, 2.05) is 18.2 Å². The van der Waals surface area contributed by atoms with Crippen molar-refractivity contribution in [3.05, 3.63) is 91.0 Å². The number of ether oxygens (including phenoxy) is 1. The maximum atomic E-state index is 11.9. The second kappa shape index (κ2) is 9.84. The van der Waals surface area contributed by atoms with Crippen LogP contribution in [0.4, 0.5) is 0 Å². The molecular formula is C22H22IO2P. The van der Waals surface area contributed by atoms with Gasteiger partial charge in [-0.05, 0) is 36.4 Å². The Balaban J connectivity index is 0.00000243. The molecule has 0 amide bonds. The van der Waals surface area contributed by atoms with Gasteiger partial charge < -0.3 is 28.7 Å². The average Bonchev–Trinajstić information content (AvgIpc) is 2.71. The third-order valence-corrected chi connectivity index (χ3v) is 8.90. The molecule has 0 aliphatic heterocycles. The number of methoxy groups -OCH3 is 1. The Morgan fingerprint density at radius 2 is 1.08 bits per heavy atom. The van der Waals surface area contributed by atoms with E-state index in [2.05, 4.69) is 72.8 Å². The Labute approximate surface area is 173 Å². The van der Waals surface area contributed by atoms with Crippen LogP contribution in [0.3, 0.4) is 0 Å². The maximum absolute atomic E-state index is 11.9. The van der Waals surface area contributed by atoms with Crippen LogP contribution in [0, 0.1) is 0 Å². The van der Waals surface area contributed by atoms with Crippen molar-refractivity contribution in [1.82, 2.24) is 0 Å². The van der Waals surface area contributed by atoms with Crippen LogP contribution in [-0.4, -0.2) is 19.2 Å². The highest BCUT2D eigenvalue weighted by molar-refractivity contribution is 7.95. The molecular weight excluding hydrogens is 454 g/mol. The minimum Gasteiger partial charge on any atom is -1.00 e. The molecule has 0 bridgehead atoms. The molecule has 2 nitrogen and oxygen atoms in total. The first-order valence-electron chi connectivity index (χ1n) is 8.39. The molecule has 0 aliphatic rings. The molecule has 0 spiro atoms. The zero-order chi connectivity index (χ0) is 17.5. The van der Waals surface area contributed by atoms with E-state index in [1.54, 1.807) is 0 Å². The lowest BCUT2D eigenvalue weighted by Crippen LogP contribution is -3.00. The fourth-order valence-electron chi connectivity index (χ4n) is 3.24. The summed E-state index contributed by atoms with van der Waals surface area (Å²) in [5.74, 6) is -0.160. The minimum absolute atomic E-state index is 0. The monoisotopic (exact) mass is 476 g/mol. The summed E-state index contributed by atoms with van der Waals surface area (Å²) >= 11 is 0. The highest BCUT2D eigenvalue weighted by atomic mass is 127. The maximum Gasteiger partial charge on any atom is 0.309 e. The molecule has 0 radical (unpaired) electrons. The van der Waals surface area contributed by atoms with Gasteiger partial charge in [0, 0.05) is 0 Å². The Morgan fingerprint density at radius 1 is 0.731 bits per heavy atom. The van der Waals surface area contributed by atoms with Crippen molar-refractivity contribution < 1.29 is 33.5 Å². The van der Waals surface area contributed by atoms with Crippen LogP contribution in [0.25, 0.3) is 0 Å². The molecule has 0 heterocycles. The Kier molecular flexibility index (Phi) is 7.80. The second-order valence-corrected chi connectivity index (χ2v) is 9.48. The molecule has 0 N–H and O–H groups in total. The molecule has 3 aromatic carbocycles. The van der Waals surface area contributed by atoms with Crippen molar-refractivity contribution in [2.24, 2.45) is 0 Å². The van der Waals surface area contributed by atoms with Gasteiger partial charge in [-0.3, -0.25) is 4.79 Å². The van der Waals surface area contributed by atoms with Crippen LogP contribution in [0.1, 0.15) is 6.42 Å². The molecule has 0 unspecified atom stereocenters. The second-order valence-electron chi connectivity index (χ2n) is 5.87. The lowest BCUT2D eigenvalue weighted by molar-refractivity contribution is -0.140. The molecule has 3 aromatic rings. The van der Waals surface area contributed by atoms with Crippen LogP contribution in [0.5, 0.6) is 0 Å². The largest absolute Gasteiger partial charge is 1.00 e. The van der Waals surface area contributed by atoms with Crippen molar-refractivity contribution in [3.63, 3.8) is 0 Å². The molecule has 0 atom stereocenters. The first-order valence-corrected chi connectivity index (χ1v) is 10.4. The summed E-state index contributed by atoms with van der Waals surface area (Å²) in [6.07, 6.45) is 1.17. The third kappa shape index (κ3) is 4.33. The van der Waals surface area contributed by atoms with Crippen molar-refractivity contribution in [2.75, 3.05) is 13.3 Å². The number of benzene rings is 3. The van der Waals surface area contributed by atoms with E-state index in [1.165, 1.54) is 23.0 Å². The predicted octanol–water partition coefficient (Wildman–Crippen LogP) is 0.548. The van der Waals surface area contributed by atoms with Crippen LogP contribution >= 0.6 is 7.26 Å². The zero-order valence-electron chi connectivity index (χ0n) is 14.7. The van der Waals surface area contributed by atoms with E-state index in [0.29, 0.717) is 6.42 Å². The average molecular weight is 476 g/mol. The van der Waals surface area contributed by atoms with Gasteiger partial charge in [-0.2, -0.15) is 0 Å². The minimum atomic E-state index is -1.92. The van der Waals surface area contributed by atoms with E-state index in [9.17, 15) is 4.79 Å². The molecule has 0 aliphatic carbocycles. The summed E-state index contributed by atoms with van der Waals surface area (Å²) in [5, 5.41) is 3.86. The quantitative estimate of drug-likeness (QED) is 0.295. The van der Waals surface area contributed by atoms with Crippen LogP contribution in [-0.2, 0) is 9.53 Å². The smallest absolute Gasteiger partial charge is 0.309 e. The van der Waals surface area contributed by atoms with Crippen molar-refractivity contribution in [1.29, 1.82) is 0 Å². The van der Waals surface area contributed by atoms with Crippen LogP contribution in [0.15, 0.2) is 91.0 Å². The van der Waals surface area contributed by atoms with Gasteiger partial charge in [-0.25, -0.2) is 0 Å². The van der Waals surface area contributed by atoms with Crippen LogP contribution in [0.2, 0.25) is 0 Å². The van der Waals surface area contributed by atoms with E-state index >= 15 is 0 Å². The van der Waals surface area contributed by atoms with Crippen molar-refractivity contribution in [3.8, 4) is 0 Å². The van der Waals surface area contributed by atoms with E-state index in [4.69, 9.17) is 4.74 Å². The van der Waals surface area contributed by atoms with Gasteiger partial charge in [-0.1, -0.05) is 54.6 Å². The van der Waals surface area contributed by atoms with Gasteiger partial charge in [0.2, 0.25) is 0 Å². The molecule has 26 heavy (non-hydrogen) atoms. The number of rotatable bonds is 6. The topological polar surface area (TPSA) is 26.3 Å². The third-order valence-electron chi connectivity index (χ3n) is 4.47. The summed E-state index contributed by atoms with van der Waals surface area (Å²) in [4.78, 5) is 11.9. The number of halogens is 1. The van der Waals surface area contributed by atoms with Crippen molar-refractivity contribution in [2.45, 2.75) is 6.42 Å². The van der Waals surface area contributed by atoms with Gasteiger partial charge >= 0.3 is 5.97 Å².